The first-order chi connectivity index (χ1) is 19.3. The quantitative estimate of drug-likeness (QED) is 0.210. The molecule has 0 aliphatic heterocycles. The van der Waals surface area contributed by atoms with Gasteiger partial charge in [0.2, 0.25) is 0 Å². The van der Waals surface area contributed by atoms with E-state index in [0.717, 1.165) is 11.3 Å². The van der Waals surface area contributed by atoms with Gasteiger partial charge in [-0.3, -0.25) is 4.98 Å². The normalized spacial score (nSPS) is 12.1. The van der Waals surface area contributed by atoms with E-state index >= 15 is 0 Å². The molecule has 0 aliphatic carbocycles. The molecule has 2 heteroatoms. The monoisotopic (exact) mass is 511 g/mol. The molecule has 0 radical (unpaired) electrons. The standard InChI is InChI=1S/C37H21NS/c1-2-6-28-23(4-1)12-15-32-30(28)18-19-38-37(32)26-11-9-22-8-10-25(20-27(22)21-26)29-16-17-34-36-31(29)14-13-24-5-3-7-33(39-34)35(24)36/h1-21H. The van der Waals surface area contributed by atoms with Gasteiger partial charge in [0.25, 0.3) is 0 Å². The molecule has 0 unspecified atom stereocenters. The zero-order chi connectivity index (χ0) is 25.5. The molecule has 39 heavy (non-hydrogen) atoms. The second-order valence-corrected chi connectivity index (χ2v) is 11.5. The van der Waals surface area contributed by atoms with Crippen LogP contribution in [0.15, 0.2) is 128 Å². The third kappa shape index (κ3) is 3.04. The summed E-state index contributed by atoms with van der Waals surface area (Å²) in [6.45, 7) is 0. The highest BCUT2D eigenvalue weighted by Crippen LogP contribution is 2.44. The van der Waals surface area contributed by atoms with E-state index in [0.29, 0.717) is 0 Å². The topological polar surface area (TPSA) is 12.9 Å². The molecule has 0 fully saturated rings. The molecular weight excluding hydrogens is 490 g/mol. The number of nitrogens with zero attached hydrogens (tertiary/aromatic N) is 1. The van der Waals surface area contributed by atoms with E-state index in [1.54, 1.807) is 0 Å². The Morgan fingerprint density at radius 2 is 1.21 bits per heavy atom. The molecule has 0 saturated heterocycles. The number of aromatic nitrogens is 1. The van der Waals surface area contributed by atoms with Gasteiger partial charge in [0.1, 0.15) is 0 Å². The van der Waals surface area contributed by atoms with Crippen molar-refractivity contribution < 1.29 is 0 Å². The Labute approximate surface area is 228 Å². The lowest BCUT2D eigenvalue weighted by atomic mass is 9.93. The number of thiophene rings is 1. The van der Waals surface area contributed by atoms with Crippen molar-refractivity contribution in [2.24, 2.45) is 0 Å². The molecule has 0 saturated carbocycles. The maximum Gasteiger partial charge on any atom is 0.0780 e. The van der Waals surface area contributed by atoms with Crippen LogP contribution in [-0.4, -0.2) is 4.98 Å². The van der Waals surface area contributed by atoms with E-state index in [-0.39, 0.29) is 0 Å². The largest absolute Gasteiger partial charge is 0.256 e. The van der Waals surface area contributed by atoms with Crippen LogP contribution in [-0.2, 0) is 0 Å². The molecule has 2 heterocycles. The maximum absolute atomic E-state index is 4.85. The minimum atomic E-state index is 1.03. The summed E-state index contributed by atoms with van der Waals surface area (Å²) in [7, 11) is 0. The second-order valence-electron chi connectivity index (χ2n) is 10.4. The van der Waals surface area contributed by atoms with Crippen LogP contribution in [0.4, 0.5) is 0 Å². The van der Waals surface area contributed by atoms with Crippen LogP contribution in [0, 0.1) is 0 Å². The predicted octanol–water partition coefficient (Wildman–Crippen LogP) is 10.8. The zero-order valence-corrected chi connectivity index (χ0v) is 21.8. The Hall–Kier alpha value is -4.79. The molecule has 9 aromatic rings. The van der Waals surface area contributed by atoms with E-state index in [1.165, 1.54) is 74.4 Å². The van der Waals surface area contributed by atoms with Crippen molar-refractivity contribution in [3.63, 3.8) is 0 Å². The zero-order valence-electron chi connectivity index (χ0n) is 21.0. The fourth-order valence-electron chi connectivity index (χ4n) is 6.43. The number of benzene rings is 7. The Balaban J connectivity index is 1.24. The minimum Gasteiger partial charge on any atom is -0.256 e. The van der Waals surface area contributed by atoms with Crippen molar-refractivity contribution in [2.75, 3.05) is 0 Å². The number of hydrogen-bond acceptors (Lipinski definition) is 2. The predicted molar refractivity (Wildman–Crippen MR) is 169 cm³/mol. The molecule has 0 aliphatic rings. The highest BCUT2D eigenvalue weighted by Gasteiger charge is 2.15. The summed E-state index contributed by atoms with van der Waals surface area (Å²) >= 11 is 1.89. The lowest BCUT2D eigenvalue weighted by Gasteiger charge is -2.12. The first kappa shape index (κ1) is 21.2. The fraction of sp³-hybridized carbons (Fsp3) is 0. The maximum atomic E-state index is 4.85. The molecule has 2 aromatic heterocycles. The lowest BCUT2D eigenvalue weighted by molar-refractivity contribution is 1.36. The van der Waals surface area contributed by atoms with Crippen molar-refractivity contribution in [3.05, 3.63) is 128 Å². The number of fused-ring (bicyclic) bond motifs is 4. The summed E-state index contributed by atoms with van der Waals surface area (Å²) in [5, 5.41) is 12.9. The molecule has 1 nitrogen and oxygen atoms in total. The molecule has 7 aromatic carbocycles. The number of pyridine rings is 1. The van der Waals surface area contributed by atoms with Crippen LogP contribution < -0.4 is 0 Å². The summed E-state index contributed by atoms with van der Waals surface area (Å²) in [5.41, 5.74) is 4.71. The van der Waals surface area contributed by atoms with E-state index in [4.69, 9.17) is 4.98 Å². The minimum absolute atomic E-state index is 1.03. The highest BCUT2D eigenvalue weighted by atomic mass is 32.1. The summed E-state index contributed by atoms with van der Waals surface area (Å²) in [6, 6.07) is 44.5. The van der Waals surface area contributed by atoms with Gasteiger partial charge in [-0.2, -0.15) is 0 Å². The van der Waals surface area contributed by atoms with Gasteiger partial charge in [-0.15, -0.1) is 11.3 Å². The van der Waals surface area contributed by atoms with Gasteiger partial charge in [0, 0.05) is 37.3 Å². The summed E-state index contributed by atoms with van der Waals surface area (Å²) in [4.78, 5) is 4.85. The molecule has 180 valence electrons. The van der Waals surface area contributed by atoms with Gasteiger partial charge >= 0.3 is 0 Å². The molecule has 0 amide bonds. The third-order valence-electron chi connectivity index (χ3n) is 8.26. The summed E-state index contributed by atoms with van der Waals surface area (Å²) in [5.74, 6) is 0. The Morgan fingerprint density at radius 1 is 0.436 bits per heavy atom. The molecule has 0 N–H and O–H groups in total. The molecular formula is C37H21NS. The van der Waals surface area contributed by atoms with Crippen LogP contribution in [0.1, 0.15) is 0 Å². The van der Waals surface area contributed by atoms with Gasteiger partial charge in [-0.25, -0.2) is 0 Å². The van der Waals surface area contributed by atoms with E-state index in [2.05, 4.69) is 121 Å². The molecule has 9 rings (SSSR count). The first-order valence-corrected chi connectivity index (χ1v) is 14.1. The van der Waals surface area contributed by atoms with Gasteiger partial charge in [0.05, 0.1) is 5.69 Å². The van der Waals surface area contributed by atoms with Crippen LogP contribution in [0.5, 0.6) is 0 Å². The highest BCUT2D eigenvalue weighted by molar-refractivity contribution is 7.26. The Kier molecular flexibility index (Phi) is 4.27. The summed E-state index contributed by atoms with van der Waals surface area (Å²) in [6.07, 6.45) is 1.94. The smallest absolute Gasteiger partial charge is 0.0780 e. The van der Waals surface area contributed by atoms with Crippen molar-refractivity contribution in [1.82, 2.24) is 4.98 Å². The van der Waals surface area contributed by atoms with Gasteiger partial charge < -0.3 is 0 Å². The Morgan fingerprint density at radius 3 is 2.18 bits per heavy atom. The lowest BCUT2D eigenvalue weighted by Crippen LogP contribution is -1.88. The van der Waals surface area contributed by atoms with E-state index in [1.807, 2.05) is 17.5 Å². The van der Waals surface area contributed by atoms with Crippen molar-refractivity contribution in [2.45, 2.75) is 0 Å². The molecule has 0 atom stereocenters. The van der Waals surface area contributed by atoms with Crippen molar-refractivity contribution in [3.8, 4) is 22.4 Å². The van der Waals surface area contributed by atoms with Gasteiger partial charge in [0.15, 0.2) is 0 Å². The average Bonchev–Trinajstić information content (AvgIpc) is 3.39. The first-order valence-electron chi connectivity index (χ1n) is 13.3. The molecule has 0 bridgehead atoms. The van der Waals surface area contributed by atoms with Gasteiger partial charge in [-0.05, 0) is 79.2 Å². The van der Waals surface area contributed by atoms with Gasteiger partial charge in [-0.1, -0.05) is 91.0 Å². The van der Waals surface area contributed by atoms with Crippen molar-refractivity contribution in [1.29, 1.82) is 0 Å². The van der Waals surface area contributed by atoms with E-state index in [9.17, 15) is 0 Å². The van der Waals surface area contributed by atoms with Crippen molar-refractivity contribution >= 4 is 74.6 Å². The number of hydrogen-bond donors (Lipinski definition) is 0. The van der Waals surface area contributed by atoms with E-state index < -0.39 is 0 Å². The second kappa shape index (κ2) is 7.86. The SMILES string of the molecule is c1ccc2c(c1)ccc1c(-c3ccc4ccc(-c5ccc6sc7cccc8ccc5c6c87)cc4c3)nccc12. The van der Waals surface area contributed by atoms with Crippen LogP contribution >= 0.6 is 11.3 Å². The van der Waals surface area contributed by atoms with Crippen LogP contribution in [0.25, 0.3) is 85.6 Å². The average molecular weight is 512 g/mol. The third-order valence-corrected chi connectivity index (χ3v) is 9.38. The fourth-order valence-corrected chi connectivity index (χ4v) is 7.58. The number of rotatable bonds is 2. The summed E-state index contributed by atoms with van der Waals surface area (Å²) < 4.78 is 2.72. The Bertz CT molecular complexity index is 2390. The van der Waals surface area contributed by atoms with Crippen LogP contribution in [0.3, 0.4) is 0 Å². The molecule has 0 spiro atoms. The van der Waals surface area contributed by atoms with Crippen LogP contribution in [0.2, 0.25) is 0 Å².